The van der Waals surface area contributed by atoms with Gasteiger partial charge in [0.05, 0.1) is 23.6 Å². The molecule has 0 bridgehead atoms. The molecule has 0 aliphatic carbocycles. The van der Waals surface area contributed by atoms with Crippen LogP contribution >= 0.6 is 23.2 Å². The molecule has 1 heterocycles. The van der Waals surface area contributed by atoms with E-state index < -0.39 is 12.0 Å². The molecule has 0 aliphatic rings. The second-order valence-electron chi connectivity index (χ2n) is 2.90. The summed E-state index contributed by atoms with van der Waals surface area (Å²) in [5.41, 5.74) is 6.29. The maximum absolute atomic E-state index is 11.0. The molecule has 0 fully saturated rings. The highest BCUT2D eigenvalue weighted by Gasteiger charge is 2.18. The number of pyridine rings is 1. The number of carbonyl (C=O) groups is 1. The standard InChI is InChI=1S/C9H10Cl2N2O2/c1-15-8(14)2-7(12)9-5(10)3-13-4-6(9)11/h3-4,7H,2,12H2,1H3/t7-/m0/s1. The third-order valence-corrected chi connectivity index (χ3v) is 2.48. The van der Waals surface area contributed by atoms with Crippen molar-refractivity contribution in [3.8, 4) is 0 Å². The number of aromatic nitrogens is 1. The number of esters is 1. The molecule has 0 aliphatic heterocycles. The zero-order chi connectivity index (χ0) is 11.4. The van der Waals surface area contributed by atoms with Crippen LogP contribution in [0.5, 0.6) is 0 Å². The largest absolute Gasteiger partial charge is 0.469 e. The highest BCUT2D eigenvalue weighted by molar-refractivity contribution is 6.35. The second kappa shape index (κ2) is 5.30. The van der Waals surface area contributed by atoms with E-state index in [0.717, 1.165) is 0 Å². The Morgan fingerprint density at radius 3 is 2.53 bits per heavy atom. The van der Waals surface area contributed by atoms with Crippen molar-refractivity contribution in [3.05, 3.63) is 28.0 Å². The Balaban J connectivity index is 2.90. The minimum absolute atomic E-state index is 0.0277. The minimum Gasteiger partial charge on any atom is -0.469 e. The summed E-state index contributed by atoms with van der Waals surface area (Å²) in [7, 11) is 1.30. The molecule has 1 aromatic heterocycles. The molecule has 4 nitrogen and oxygen atoms in total. The molecule has 1 atom stereocenters. The zero-order valence-corrected chi connectivity index (χ0v) is 9.55. The molecule has 0 amide bonds. The quantitative estimate of drug-likeness (QED) is 0.831. The van der Waals surface area contributed by atoms with Crippen LogP contribution in [0.15, 0.2) is 12.4 Å². The SMILES string of the molecule is COC(=O)C[C@H](N)c1c(Cl)cncc1Cl. The molecule has 0 radical (unpaired) electrons. The average molecular weight is 249 g/mol. The molecule has 0 saturated carbocycles. The first-order chi connectivity index (χ1) is 7.06. The van der Waals surface area contributed by atoms with E-state index in [1.54, 1.807) is 0 Å². The lowest BCUT2D eigenvalue weighted by Gasteiger charge is -2.13. The van der Waals surface area contributed by atoms with Gasteiger partial charge in [0.1, 0.15) is 0 Å². The van der Waals surface area contributed by atoms with Crippen molar-refractivity contribution in [2.75, 3.05) is 7.11 Å². The van der Waals surface area contributed by atoms with Gasteiger partial charge in [-0.1, -0.05) is 23.2 Å². The Kier molecular flexibility index (Phi) is 4.32. The van der Waals surface area contributed by atoms with Crippen LogP contribution in [0.2, 0.25) is 10.0 Å². The van der Waals surface area contributed by atoms with E-state index in [1.165, 1.54) is 19.5 Å². The van der Waals surface area contributed by atoms with E-state index in [4.69, 9.17) is 28.9 Å². The van der Waals surface area contributed by atoms with Gasteiger partial charge in [-0.2, -0.15) is 0 Å². The first-order valence-electron chi connectivity index (χ1n) is 4.17. The van der Waals surface area contributed by atoms with Gasteiger partial charge in [-0.05, 0) is 0 Å². The molecule has 0 spiro atoms. The Hall–Kier alpha value is -0.840. The van der Waals surface area contributed by atoms with Crippen LogP contribution in [0, 0.1) is 0 Å². The summed E-state index contributed by atoms with van der Waals surface area (Å²) in [6.45, 7) is 0. The maximum Gasteiger partial charge on any atom is 0.307 e. The molecule has 1 aromatic rings. The number of hydrogen-bond donors (Lipinski definition) is 1. The third kappa shape index (κ3) is 3.06. The fraction of sp³-hybridized carbons (Fsp3) is 0.333. The topological polar surface area (TPSA) is 65.2 Å². The molecule has 2 N–H and O–H groups in total. The van der Waals surface area contributed by atoms with Gasteiger partial charge in [-0.25, -0.2) is 0 Å². The Morgan fingerprint density at radius 2 is 2.07 bits per heavy atom. The zero-order valence-electron chi connectivity index (χ0n) is 8.04. The number of ether oxygens (including phenoxy) is 1. The monoisotopic (exact) mass is 248 g/mol. The summed E-state index contributed by atoms with van der Waals surface area (Å²) in [4.78, 5) is 14.8. The van der Waals surface area contributed by atoms with Crippen molar-refractivity contribution in [1.29, 1.82) is 0 Å². The van der Waals surface area contributed by atoms with E-state index in [2.05, 4.69) is 9.72 Å². The van der Waals surface area contributed by atoms with Crippen LogP contribution in [0.4, 0.5) is 0 Å². The van der Waals surface area contributed by atoms with Gasteiger partial charge >= 0.3 is 5.97 Å². The van der Waals surface area contributed by atoms with Gasteiger partial charge in [0.25, 0.3) is 0 Å². The summed E-state index contributed by atoms with van der Waals surface area (Å²) >= 11 is 11.7. The van der Waals surface area contributed by atoms with Crippen molar-refractivity contribution in [2.45, 2.75) is 12.5 Å². The van der Waals surface area contributed by atoms with E-state index in [9.17, 15) is 4.79 Å². The predicted octanol–water partition coefficient (Wildman–Crippen LogP) is 1.95. The van der Waals surface area contributed by atoms with Crippen LogP contribution in [0.1, 0.15) is 18.0 Å². The summed E-state index contributed by atoms with van der Waals surface area (Å²) in [6.07, 6.45) is 2.89. The number of halogens is 2. The van der Waals surface area contributed by atoms with Gasteiger partial charge in [-0.15, -0.1) is 0 Å². The van der Waals surface area contributed by atoms with E-state index >= 15 is 0 Å². The molecular formula is C9H10Cl2N2O2. The van der Waals surface area contributed by atoms with Crippen molar-refractivity contribution >= 4 is 29.2 Å². The smallest absolute Gasteiger partial charge is 0.307 e. The maximum atomic E-state index is 11.0. The summed E-state index contributed by atoms with van der Waals surface area (Å²) < 4.78 is 4.50. The lowest BCUT2D eigenvalue weighted by molar-refractivity contribution is -0.141. The van der Waals surface area contributed by atoms with E-state index in [1.807, 2.05) is 0 Å². The number of nitrogens with zero attached hydrogens (tertiary/aromatic N) is 1. The van der Waals surface area contributed by atoms with Crippen molar-refractivity contribution in [1.82, 2.24) is 4.98 Å². The van der Waals surface area contributed by atoms with Gasteiger partial charge < -0.3 is 10.5 Å². The van der Waals surface area contributed by atoms with Crippen LogP contribution in [-0.2, 0) is 9.53 Å². The molecule has 0 saturated heterocycles. The molecule has 82 valence electrons. The normalized spacial score (nSPS) is 12.3. The van der Waals surface area contributed by atoms with E-state index in [0.29, 0.717) is 15.6 Å². The Bertz CT molecular complexity index is 351. The summed E-state index contributed by atoms with van der Waals surface area (Å²) in [5.74, 6) is -0.411. The predicted molar refractivity (Wildman–Crippen MR) is 57.8 cm³/mol. The van der Waals surface area contributed by atoms with E-state index in [-0.39, 0.29) is 6.42 Å². The van der Waals surface area contributed by atoms with Crippen molar-refractivity contribution < 1.29 is 9.53 Å². The molecule has 15 heavy (non-hydrogen) atoms. The van der Waals surface area contributed by atoms with Crippen LogP contribution < -0.4 is 5.73 Å². The second-order valence-corrected chi connectivity index (χ2v) is 3.72. The van der Waals surface area contributed by atoms with Crippen LogP contribution in [-0.4, -0.2) is 18.1 Å². The highest BCUT2D eigenvalue weighted by Crippen LogP contribution is 2.29. The molecule has 6 heteroatoms. The molecule has 0 aromatic carbocycles. The third-order valence-electron chi connectivity index (χ3n) is 1.88. The summed E-state index contributed by atoms with van der Waals surface area (Å²) in [6, 6.07) is -0.583. The Labute approximate surface area is 97.3 Å². The summed E-state index contributed by atoms with van der Waals surface area (Å²) in [5, 5.41) is 0.692. The van der Waals surface area contributed by atoms with Gasteiger partial charge in [-0.3, -0.25) is 9.78 Å². The van der Waals surface area contributed by atoms with Crippen molar-refractivity contribution in [2.24, 2.45) is 5.73 Å². The number of rotatable bonds is 3. The van der Waals surface area contributed by atoms with Crippen LogP contribution in [0.3, 0.4) is 0 Å². The fourth-order valence-electron chi connectivity index (χ4n) is 1.14. The highest BCUT2D eigenvalue weighted by atomic mass is 35.5. The molecular weight excluding hydrogens is 239 g/mol. The first kappa shape index (κ1) is 12.2. The first-order valence-corrected chi connectivity index (χ1v) is 4.93. The van der Waals surface area contributed by atoms with Gasteiger partial charge in [0.15, 0.2) is 0 Å². The van der Waals surface area contributed by atoms with Gasteiger partial charge in [0.2, 0.25) is 0 Å². The molecule has 0 unspecified atom stereocenters. The fourth-order valence-corrected chi connectivity index (χ4v) is 1.79. The lowest BCUT2D eigenvalue weighted by atomic mass is 10.1. The Morgan fingerprint density at radius 1 is 1.53 bits per heavy atom. The average Bonchev–Trinajstić information content (AvgIpc) is 2.17. The number of methoxy groups -OCH3 is 1. The number of hydrogen-bond acceptors (Lipinski definition) is 4. The molecule has 1 rings (SSSR count). The minimum atomic E-state index is -0.583. The van der Waals surface area contributed by atoms with Crippen LogP contribution in [0.25, 0.3) is 0 Å². The van der Waals surface area contributed by atoms with Gasteiger partial charge in [0, 0.05) is 24.0 Å². The lowest BCUT2D eigenvalue weighted by Crippen LogP contribution is -2.17. The van der Waals surface area contributed by atoms with Crippen molar-refractivity contribution in [3.63, 3.8) is 0 Å². The number of carbonyl (C=O) groups excluding carboxylic acids is 1. The number of nitrogens with two attached hydrogens (primary N) is 1.